The van der Waals surface area contributed by atoms with Crippen LogP contribution in [0.2, 0.25) is 0 Å². The second kappa shape index (κ2) is 5.09. The molecule has 0 bridgehead atoms. The minimum absolute atomic E-state index is 0.0198. The van der Waals surface area contributed by atoms with E-state index in [0.29, 0.717) is 13.1 Å². The fourth-order valence-corrected chi connectivity index (χ4v) is 3.11. The van der Waals surface area contributed by atoms with E-state index >= 15 is 0 Å². The average Bonchev–Trinajstić information content (AvgIpc) is 2.99. The molecule has 0 saturated carbocycles. The van der Waals surface area contributed by atoms with Gasteiger partial charge in [-0.3, -0.25) is 4.79 Å². The van der Waals surface area contributed by atoms with Crippen LogP contribution in [-0.4, -0.2) is 28.4 Å². The van der Waals surface area contributed by atoms with Crippen LogP contribution in [0.4, 0.5) is 0 Å². The van der Waals surface area contributed by atoms with Crippen molar-refractivity contribution >= 4 is 23.2 Å². The van der Waals surface area contributed by atoms with Crippen LogP contribution in [0.15, 0.2) is 35.7 Å². The van der Waals surface area contributed by atoms with Crippen LogP contribution in [0.1, 0.15) is 31.2 Å². The maximum absolute atomic E-state index is 12.3. The molecule has 1 aliphatic heterocycles. The van der Waals surface area contributed by atoms with Crippen molar-refractivity contribution in [3.63, 3.8) is 0 Å². The third-order valence-electron chi connectivity index (χ3n) is 3.48. The number of hydrogen-bond acceptors (Lipinski definition) is 3. The number of hydrogen-bond donors (Lipinski definition) is 1. The summed E-state index contributed by atoms with van der Waals surface area (Å²) in [6, 6.07) is 8.82. The molecule has 0 aliphatic carbocycles. The highest BCUT2D eigenvalue weighted by Crippen LogP contribution is 2.23. The van der Waals surface area contributed by atoms with Gasteiger partial charge >= 0.3 is 5.97 Å². The summed E-state index contributed by atoms with van der Waals surface area (Å²) in [5, 5.41) is 10.9. The molecule has 0 saturated heterocycles. The maximum atomic E-state index is 12.3. The summed E-state index contributed by atoms with van der Waals surface area (Å²) in [6.07, 6.45) is 0.770. The first kappa shape index (κ1) is 12.9. The van der Waals surface area contributed by atoms with E-state index in [1.165, 1.54) is 11.3 Å². The van der Waals surface area contributed by atoms with Crippen LogP contribution in [0.3, 0.4) is 0 Å². The minimum Gasteiger partial charge on any atom is -0.478 e. The molecule has 1 aromatic heterocycles. The Kier molecular flexibility index (Phi) is 3.28. The lowest BCUT2D eigenvalue weighted by molar-refractivity contribution is 0.0696. The van der Waals surface area contributed by atoms with E-state index < -0.39 is 5.97 Å². The molecule has 3 rings (SSSR count). The Morgan fingerprint density at radius 1 is 1.20 bits per heavy atom. The Morgan fingerprint density at radius 3 is 2.75 bits per heavy atom. The van der Waals surface area contributed by atoms with Crippen molar-refractivity contribution in [2.24, 2.45) is 0 Å². The first-order valence-corrected chi connectivity index (χ1v) is 7.21. The molecule has 1 N–H and O–H groups in total. The van der Waals surface area contributed by atoms with Gasteiger partial charge in [-0.05, 0) is 41.1 Å². The zero-order chi connectivity index (χ0) is 14.1. The van der Waals surface area contributed by atoms with Crippen molar-refractivity contribution in [1.82, 2.24) is 4.90 Å². The van der Waals surface area contributed by atoms with Crippen molar-refractivity contribution in [3.05, 3.63) is 57.3 Å². The molecule has 2 aromatic rings. The van der Waals surface area contributed by atoms with Crippen molar-refractivity contribution in [1.29, 1.82) is 0 Å². The van der Waals surface area contributed by atoms with Crippen molar-refractivity contribution in [3.8, 4) is 0 Å². The Bertz CT molecular complexity index is 664. The number of amides is 1. The standard InChI is InChI=1S/C15H13NO3S/c17-14(13-2-1-7-20-13)16-6-5-10-3-4-11(15(18)19)8-12(10)9-16/h1-4,7-8H,5-6,9H2,(H,18,19). The van der Waals surface area contributed by atoms with Gasteiger partial charge in [0.15, 0.2) is 0 Å². The normalized spacial score (nSPS) is 13.9. The molecule has 102 valence electrons. The number of rotatable bonds is 2. The summed E-state index contributed by atoms with van der Waals surface area (Å²) in [7, 11) is 0. The number of carbonyl (C=O) groups excluding carboxylic acids is 1. The van der Waals surface area contributed by atoms with Gasteiger partial charge in [-0.25, -0.2) is 4.79 Å². The molecule has 0 atom stereocenters. The van der Waals surface area contributed by atoms with E-state index in [-0.39, 0.29) is 11.5 Å². The number of carboxylic acid groups (broad SMARTS) is 1. The summed E-state index contributed by atoms with van der Waals surface area (Å²) >= 11 is 1.43. The number of benzene rings is 1. The van der Waals surface area contributed by atoms with Crippen LogP contribution in [0.5, 0.6) is 0 Å². The molecule has 5 heteroatoms. The molecule has 2 heterocycles. The Labute approximate surface area is 120 Å². The number of thiophene rings is 1. The minimum atomic E-state index is -0.936. The lowest BCUT2D eigenvalue weighted by Crippen LogP contribution is -2.35. The zero-order valence-electron chi connectivity index (χ0n) is 10.7. The fraction of sp³-hybridized carbons (Fsp3) is 0.200. The molecule has 0 fully saturated rings. The van der Waals surface area contributed by atoms with Gasteiger partial charge in [-0.2, -0.15) is 0 Å². The van der Waals surface area contributed by atoms with Gasteiger partial charge in [0, 0.05) is 13.1 Å². The highest BCUT2D eigenvalue weighted by atomic mass is 32.1. The number of aromatic carboxylic acids is 1. The second-order valence-electron chi connectivity index (χ2n) is 4.74. The van der Waals surface area contributed by atoms with Crippen LogP contribution in [-0.2, 0) is 13.0 Å². The van der Waals surface area contributed by atoms with Gasteiger partial charge in [0.05, 0.1) is 10.4 Å². The SMILES string of the molecule is O=C(O)c1ccc2c(c1)CN(C(=O)c1cccs1)CC2. The van der Waals surface area contributed by atoms with E-state index in [4.69, 9.17) is 5.11 Å². The smallest absolute Gasteiger partial charge is 0.335 e. The molecule has 1 aliphatic rings. The molecule has 20 heavy (non-hydrogen) atoms. The monoisotopic (exact) mass is 287 g/mol. The summed E-state index contributed by atoms with van der Waals surface area (Å²) in [5.74, 6) is -0.916. The van der Waals surface area contributed by atoms with Gasteiger partial charge in [-0.15, -0.1) is 11.3 Å². The first-order valence-electron chi connectivity index (χ1n) is 6.33. The number of carboxylic acids is 1. The highest BCUT2D eigenvalue weighted by molar-refractivity contribution is 7.12. The molecule has 0 unspecified atom stereocenters. The van der Waals surface area contributed by atoms with Crippen LogP contribution < -0.4 is 0 Å². The van der Waals surface area contributed by atoms with Crippen molar-refractivity contribution in [2.45, 2.75) is 13.0 Å². The van der Waals surface area contributed by atoms with Crippen LogP contribution >= 0.6 is 11.3 Å². The zero-order valence-corrected chi connectivity index (χ0v) is 11.5. The van der Waals surface area contributed by atoms with E-state index in [2.05, 4.69) is 0 Å². The van der Waals surface area contributed by atoms with Crippen molar-refractivity contribution < 1.29 is 14.7 Å². The molecule has 0 spiro atoms. The predicted octanol–water partition coefficient (Wildman–Crippen LogP) is 2.64. The summed E-state index contributed by atoms with van der Waals surface area (Å²) in [5.41, 5.74) is 2.33. The molecule has 0 radical (unpaired) electrons. The average molecular weight is 287 g/mol. The van der Waals surface area contributed by atoms with Gasteiger partial charge in [0.1, 0.15) is 0 Å². The van der Waals surface area contributed by atoms with E-state index in [0.717, 1.165) is 22.4 Å². The lowest BCUT2D eigenvalue weighted by Gasteiger charge is -2.28. The second-order valence-corrected chi connectivity index (χ2v) is 5.69. The molecule has 1 amide bonds. The summed E-state index contributed by atoms with van der Waals surface area (Å²) in [6.45, 7) is 1.16. The van der Waals surface area contributed by atoms with E-state index in [1.54, 1.807) is 17.0 Å². The van der Waals surface area contributed by atoms with E-state index in [1.807, 2.05) is 23.6 Å². The lowest BCUT2D eigenvalue weighted by atomic mass is 9.97. The number of carbonyl (C=O) groups is 2. The first-order chi connectivity index (χ1) is 9.65. The Hall–Kier alpha value is -2.14. The molecular weight excluding hydrogens is 274 g/mol. The van der Waals surface area contributed by atoms with Gasteiger partial charge in [-0.1, -0.05) is 12.1 Å². The third-order valence-corrected chi connectivity index (χ3v) is 4.34. The predicted molar refractivity (Wildman–Crippen MR) is 76.2 cm³/mol. The van der Waals surface area contributed by atoms with Gasteiger partial charge in [0.25, 0.3) is 5.91 Å². The van der Waals surface area contributed by atoms with Crippen LogP contribution in [0.25, 0.3) is 0 Å². The van der Waals surface area contributed by atoms with Gasteiger partial charge < -0.3 is 10.0 Å². The maximum Gasteiger partial charge on any atom is 0.335 e. The number of fused-ring (bicyclic) bond motifs is 1. The Balaban J connectivity index is 1.85. The highest BCUT2D eigenvalue weighted by Gasteiger charge is 2.23. The summed E-state index contributed by atoms with van der Waals surface area (Å²) in [4.78, 5) is 25.8. The molecule has 1 aromatic carbocycles. The summed E-state index contributed by atoms with van der Waals surface area (Å²) < 4.78 is 0. The largest absolute Gasteiger partial charge is 0.478 e. The van der Waals surface area contributed by atoms with Gasteiger partial charge in [0.2, 0.25) is 0 Å². The number of nitrogens with zero attached hydrogens (tertiary/aromatic N) is 1. The molecule has 4 nitrogen and oxygen atoms in total. The molecular formula is C15H13NO3S. The third kappa shape index (κ3) is 2.32. The van der Waals surface area contributed by atoms with E-state index in [9.17, 15) is 9.59 Å². The van der Waals surface area contributed by atoms with Crippen molar-refractivity contribution in [2.75, 3.05) is 6.54 Å². The topological polar surface area (TPSA) is 57.6 Å². The fourth-order valence-electron chi connectivity index (χ4n) is 2.42. The Morgan fingerprint density at radius 2 is 2.05 bits per heavy atom. The quantitative estimate of drug-likeness (QED) is 0.923. The van der Waals surface area contributed by atoms with Crippen LogP contribution in [0, 0.1) is 0 Å².